The molecule has 5 heteroatoms. The zero-order chi connectivity index (χ0) is 13.3. The van der Waals surface area contributed by atoms with Gasteiger partial charge in [0.15, 0.2) is 0 Å². The lowest BCUT2D eigenvalue weighted by Crippen LogP contribution is -2.42. The van der Waals surface area contributed by atoms with E-state index >= 15 is 0 Å². The van der Waals surface area contributed by atoms with Gasteiger partial charge in [0.2, 0.25) is 0 Å². The van der Waals surface area contributed by atoms with Crippen molar-refractivity contribution < 1.29 is 4.74 Å². The molecule has 0 aliphatic carbocycles. The number of rotatable bonds is 2. The third-order valence-corrected chi connectivity index (χ3v) is 5.64. The van der Waals surface area contributed by atoms with E-state index in [9.17, 15) is 0 Å². The molecule has 0 saturated carbocycles. The van der Waals surface area contributed by atoms with Crippen LogP contribution in [-0.2, 0) is 4.74 Å². The number of nitrogens with two attached hydrogens (primary N) is 1. The van der Waals surface area contributed by atoms with Crippen LogP contribution in [0.2, 0.25) is 5.02 Å². The van der Waals surface area contributed by atoms with Crippen molar-refractivity contribution in [1.29, 1.82) is 0 Å². The molecule has 2 N–H and O–H groups in total. The summed E-state index contributed by atoms with van der Waals surface area (Å²) in [6.45, 7) is 0.826. The molecule has 2 fully saturated rings. The molecule has 0 aromatic carbocycles. The van der Waals surface area contributed by atoms with E-state index in [0.29, 0.717) is 10.9 Å². The highest BCUT2D eigenvalue weighted by atomic mass is 35.5. The number of halogens is 1. The summed E-state index contributed by atoms with van der Waals surface area (Å²) in [6, 6.07) is 3.80. The van der Waals surface area contributed by atoms with Gasteiger partial charge in [-0.1, -0.05) is 11.6 Å². The Kier molecular flexibility index (Phi) is 4.03. The van der Waals surface area contributed by atoms with Crippen molar-refractivity contribution >= 4 is 23.4 Å². The fourth-order valence-electron chi connectivity index (χ4n) is 3.06. The van der Waals surface area contributed by atoms with Gasteiger partial charge in [-0.15, -0.1) is 0 Å². The molecule has 19 heavy (non-hydrogen) atoms. The number of ether oxygens (including phenoxy) is 1. The average Bonchev–Trinajstić information content (AvgIpc) is 2.87. The number of thioether (sulfide) groups is 1. The van der Waals surface area contributed by atoms with Gasteiger partial charge in [-0.2, -0.15) is 11.8 Å². The molecule has 3 nitrogen and oxygen atoms in total. The second-order valence-corrected chi connectivity index (χ2v) is 7.06. The molecular weight excluding hydrogens is 280 g/mol. The van der Waals surface area contributed by atoms with Crippen molar-refractivity contribution in [2.45, 2.75) is 30.9 Å². The molecule has 2 aliphatic rings. The van der Waals surface area contributed by atoms with Gasteiger partial charge in [-0.3, -0.25) is 4.98 Å². The molecule has 1 aromatic heterocycles. The normalized spacial score (nSPS) is 32.6. The van der Waals surface area contributed by atoms with Gasteiger partial charge in [-0.05, 0) is 43.1 Å². The molecule has 2 aliphatic heterocycles. The SMILES string of the molecule is NC(c1ccc(Cl)cn1)C1CCOC2(CCSC2)C1. The maximum absolute atomic E-state index is 6.40. The Bertz CT molecular complexity index is 434. The van der Waals surface area contributed by atoms with E-state index in [1.807, 2.05) is 23.9 Å². The lowest BCUT2D eigenvalue weighted by molar-refractivity contribution is -0.0836. The average molecular weight is 299 g/mol. The van der Waals surface area contributed by atoms with Crippen LogP contribution in [0.3, 0.4) is 0 Å². The summed E-state index contributed by atoms with van der Waals surface area (Å²) in [5.74, 6) is 2.78. The molecular formula is C14H19ClN2OS. The molecule has 1 spiro atoms. The number of nitrogens with zero attached hydrogens (tertiary/aromatic N) is 1. The van der Waals surface area contributed by atoms with Gasteiger partial charge >= 0.3 is 0 Å². The highest BCUT2D eigenvalue weighted by Gasteiger charge is 2.42. The highest BCUT2D eigenvalue weighted by molar-refractivity contribution is 7.99. The Morgan fingerprint density at radius 1 is 1.53 bits per heavy atom. The maximum Gasteiger partial charge on any atom is 0.0783 e. The van der Waals surface area contributed by atoms with Gasteiger partial charge in [-0.25, -0.2) is 0 Å². The first-order valence-electron chi connectivity index (χ1n) is 6.77. The van der Waals surface area contributed by atoms with Gasteiger partial charge < -0.3 is 10.5 Å². The molecule has 1 aromatic rings. The Hall–Kier alpha value is -0.290. The van der Waals surface area contributed by atoms with Crippen LogP contribution in [0.1, 0.15) is 31.0 Å². The smallest absolute Gasteiger partial charge is 0.0783 e. The van der Waals surface area contributed by atoms with Crippen LogP contribution in [0.25, 0.3) is 0 Å². The molecule has 0 radical (unpaired) electrons. The van der Waals surface area contributed by atoms with Crippen LogP contribution >= 0.6 is 23.4 Å². The second kappa shape index (κ2) is 5.60. The number of hydrogen-bond acceptors (Lipinski definition) is 4. The quantitative estimate of drug-likeness (QED) is 0.912. The molecule has 2 saturated heterocycles. The number of hydrogen-bond donors (Lipinski definition) is 1. The summed E-state index contributed by atoms with van der Waals surface area (Å²) in [5, 5.41) is 0.659. The summed E-state index contributed by atoms with van der Waals surface area (Å²) in [6.07, 6.45) is 4.93. The van der Waals surface area contributed by atoms with Crippen molar-refractivity contribution in [3.8, 4) is 0 Å². The van der Waals surface area contributed by atoms with Crippen LogP contribution in [0.4, 0.5) is 0 Å². The molecule has 0 bridgehead atoms. The first-order chi connectivity index (χ1) is 9.19. The summed E-state index contributed by atoms with van der Waals surface area (Å²) in [4.78, 5) is 4.37. The Morgan fingerprint density at radius 2 is 2.42 bits per heavy atom. The molecule has 3 rings (SSSR count). The highest BCUT2D eigenvalue weighted by Crippen LogP contribution is 2.43. The minimum Gasteiger partial charge on any atom is -0.374 e. The summed E-state index contributed by atoms with van der Waals surface area (Å²) < 4.78 is 6.04. The van der Waals surface area contributed by atoms with Crippen molar-refractivity contribution in [1.82, 2.24) is 4.98 Å². The maximum atomic E-state index is 6.40. The minimum atomic E-state index is -0.0105. The third-order valence-electron chi connectivity index (χ3n) is 4.20. The first-order valence-corrected chi connectivity index (χ1v) is 8.31. The monoisotopic (exact) mass is 298 g/mol. The number of aromatic nitrogens is 1. The van der Waals surface area contributed by atoms with Crippen LogP contribution in [0, 0.1) is 5.92 Å². The van der Waals surface area contributed by atoms with E-state index < -0.39 is 0 Å². The molecule has 0 amide bonds. The zero-order valence-corrected chi connectivity index (χ0v) is 12.4. The van der Waals surface area contributed by atoms with Crippen LogP contribution in [-0.4, -0.2) is 28.7 Å². The standard InChI is InChI=1S/C14H19ClN2OS/c15-11-1-2-12(17-8-11)13(16)10-3-5-18-14(7-10)4-6-19-9-14/h1-2,8,10,13H,3-7,9,16H2. The summed E-state index contributed by atoms with van der Waals surface area (Å²) >= 11 is 7.87. The van der Waals surface area contributed by atoms with E-state index in [1.165, 1.54) is 5.75 Å². The fraction of sp³-hybridized carbons (Fsp3) is 0.643. The molecule has 104 valence electrons. The van der Waals surface area contributed by atoms with Crippen LogP contribution in [0.5, 0.6) is 0 Å². The van der Waals surface area contributed by atoms with Crippen LogP contribution < -0.4 is 5.73 Å². The Labute approximate surface area is 123 Å². The van der Waals surface area contributed by atoms with E-state index in [0.717, 1.165) is 37.3 Å². The predicted molar refractivity (Wildman–Crippen MR) is 79.5 cm³/mol. The van der Waals surface area contributed by atoms with E-state index in [2.05, 4.69) is 4.98 Å². The number of pyridine rings is 1. The lowest BCUT2D eigenvalue weighted by atomic mass is 9.80. The third kappa shape index (κ3) is 2.92. The van der Waals surface area contributed by atoms with Crippen LogP contribution in [0.15, 0.2) is 18.3 Å². The van der Waals surface area contributed by atoms with Gasteiger partial charge in [0, 0.05) is 18.6 Å². The van der Waals surface area contributed by atoms with Gasteiger partial charge in [0.1, 0.15) is 0 Å². The predicted octanol–water partition coefficient (Wildman–Crippen LogP) is 3.04. The van der Waals surface area contributed by atoms with E-state index in [-0.39, 0.29) is 11.6 Å². The lowest BCUT2D eigenvalue weighted by Gasteiger charge is -2.39. The summed E-state index contributed by atoms with van der Waals surface area (Å²) in [5.41, 5.74) is 7.43. The van der Waals surface area contributed by atoms with E-state index in [1.54, 1.807) is 6.20 Å². The minimum absolute atomic E-state index is 0.0105. The Morgan fingerprint density at radius 3 is 3.11 bits per heavy atom. The first kappa shape index (κ1) is 13.7. The molecule has 3 heterocycles. The summed E-state index contributed by atoms with van der Waals surface area (Å²) in [7, 11) is 0. The van der Waals surface area contributed by atoms with Gasteiger partial charge in [0.05, 0.1) is 22.4 Å². The zero-order valence-electron chi connectivity index (χ0n) is 10.8. The Balaban J connectivity index is 1.72. The van der Waals surface area contributed by atoms with E-state index in [4.69, 9.17) is 22.1 Å². The van der Waals surface area contributed by atoms with Crippen molar-refractivity contribution in [3.63, 3.8) is 0 Å². The van der Waals surface area contributed by atoms with Crippen molar-refractivity contribution in [2.24, 2.45) is 11.7 Å². The van der Waals surface area contributed by atoms with Crippen molar-refractivity contribution in [3.05, 3.63) is 29.0 Å². The largest absolute Gasteiger partial charge is 0.374 e. The second-order valence-electron chi connectivity index (χ2n) is 5.51. The van der Waals surface area contributed by atoms with Gasteiger partial charge in [0.25, 0.3) is 0 Å². The fourth-order valence-corrected chi connectivity index (χ4v) is 4.55. The topological polar surface area (TPSA) is 48.1 Å². The van der Waals surface area contributed by atoms with Crippen molar-refractivity contribution in [2.75, 3.05) is 18.1 Å². The molecule has 3 unspecified atom stereocenters. The molecule has 3 atom stereocenters.